The summed E-state index contributed by atoms with van der Waals surface area (Å²) < 4.78 is 7.16. The molecule has 1 aromatic carbocycles. The fourth-order valence-electron chi connectivity index (χ4n) is 1.76. The first kappa shape index (κ1) is 14.0. The van der Waals surface area contributed by atoms with Gasteiger partial charge in [-0.15, -0.1) is 11.5 Å². The van der Waals surface area contributed by atoms with Gasteiger partial charge in [-0.1, -0.05) is 12.0 Å². The minimum absolute atomic E-state index is 0.136. The molecule has 20 heavy (non-hydrogen) atoms. The zero-order valence-electron chi connectivity index (χ0n) is 10.8. The minimum atomic E-state index is -0.427. The standard InChI is InChI=1S/C14H12ClN3O2/c1-3-10-5-4-6-11(14(19)16-15)12(10)9-20-13-7-8-18(2)17-13/h1,4-8H,9H2,2H3,(H,16,19). The van der Waals surface area contributed by atoms with E-state index >= 15 is 0 Å². The maximum Gasteiger partial charge on any atom is 0.266 e. The number of carbonyl (C=O) groups excluding carboxylic acids is 1. The van der Waals surface area contributed by atoms with Crippen molar-refractivity contribution in [2.45, 2.75) is 6.61 Å². The summed E-state index contributed by atoms with van der Waals surface area (Å²) in [6.07, 6.45) is 7.20. The average Bonchev–Trinajstić information content (AvgIpc) is 2.89. The summed E-state index contributed by atoms with van der Waals surface area (Å²) in [5.74, 6) is 2.56. The number of nitrogens with zero attached hydrogens (tertiary/aromatic N) is 2. The van der Waals surface area contributed by atoms with Crippen molar-refractivity contribution in [3.05, 3.63) is 47.2 Å². The third-order valence-electron chi connectivity index (χ3n) is 2.72. The summed E-state index contributed by atoms with van der Waals surface area (Å²) >= 11 is 5.37. The van der Waals surface area contributed by atoms with Crippen LogP contribution in [0.4, 0.5) is 0 Å². The SMILES string of the molecule is C#Cc1cccc(C(=O)NCl)c1COc1ccn(C)n1. The van der Waals surface area contributed by atoms with Gasteiger partial charge in [-0.2, -0.15) is 0 Å². The van der Waals surface area contributed by atoms with E-state index in [0.717, 1.165) is 0 Å². The summed E-state index contributed by atoms with van der Waals surface area (Å²) in [7, 11) is 1.79. The zero-order valence-corrected chi connectivity index (χ0v) is 11.5. The number of aromatic nitrogens is 2. The van der Waals surface area contributed by atoms with Crippen molar-refractivity contribution >= 4 is 17.7 Å². The van der Waals surface area contributed by atoms with Gasteiger partial charge in [0, 0.05) is 47.8 Å². The third-order valence-corrected chi connectivity index (χ3v) is 2.89. The van der Waals surface area contributed by atoms with Gasteiger partial charge >= 0.3 is 0 Å². The molecule has 1 amide bonds. The Morgan fingerprint density at radius 3 is 2.95 bits per heavy atom. The number of amides is 1. The number of nitrogens with one attached hydrogen (secondary N) is 1. The van der Waals surface area contributed by atoms with Gasteiger partial charge < -0.3 is 4.74 Å². The Balaban J connectivity index is 2.29. The number of hydrogen-bond donors (Lipinski definition) is 1. The molecule has 0 fully saturated rings. The first-order valence-corrected chi connectivity index (χ1v) is 6.15. The van der Waals surface area contributed by atoms with Gasteiger partial charge in [0.2, 0.25) is 5.88 Å². The highest BCUT2D eigenvalue weighted by Gasteiger charge is 2.14. The summed E-state index contributed by atoms with van der Waals surface area (Å²) in [4.78, 5) is 13.8. The number of rotatable bonds is 4. The van der Waals surface area contributed by atoms with Crippen LogP contribution in [0, 0.1) is 12.3 Å². The van der Waals surface area contributed by atoms with Gasteiger partial charge in [-0.3, -0.25) is 14.3 Å². The molecule has 0 saturated heterocycles. The van der Waals surface area contributed by atoms with E-state index in [2.05, 4.69) is 15.9 Å². The van der Waals surface area contributed by atoms with Crippen molar-refractivity contribution in [1.29, 1.82) is 0 Å². The van der Waals surface area contributed by atoms with Crippen molar-refractivity contribution in [2.75, 3.05) is 0 Å². The van der Waals surface area contributed by atoms with Gasteiger partial charge in [0.1, 0.15) is 6.61 Å². The predicted octanol–water partition coefficient (Wildman–Crippen LogP) is 1.86. The number of benzene rings is 1. The zero-order chi connectivity index (χ0) is 14.5. The van der Waals surface area contributed by atoms with Gasteiger partial charge in [-0.05, 0) is 12.1 Å². The van der Waals surface area contributed by atoms with E-state index in [1.807, 2.05) is 0 Å². The Morgan fingerprint density at radius 2 is 2.35 bits per heavy atom. The third kappa shape index (κ3) is 2.92. The van der Waals surface area contributed by atoms with Crippen LogP contribution in [0.2, 0.25) is 0 Å². The Kier molecular flexibility index (Phi) is 4.28. The van der Waals surface area contributed by atoms with Crippen molar-refractivity contribution < 1.29 is 9.53 Å². The quantitative estimate of drug-likeness (QED) is 0.690. The predicted molar refractivity (Wildman–Crippen MR) is 75.2 cm³/mol. The molecular weight excluding hydrogens is 278 g/mol. The normalized spacial score (nSPS) is 9.85. The van der Waals surface area contributed by atoms with E-state index in [4.69, 9.17) is 22.9 Å². The second kappa shape index (κ2) is 6.13. The van der Waals surface area contributed by atoms with Crippen molar-refractivity contribution in [3.8, 4) is 18.2 Å². The maximum absolute atomic E-state index is 11.7. The molecule has 0 aliphatic heterocycles. The first-order valence-electron chi connectivity index (χ1n) is 5.77. The molecule has 5 nitrogen and oxygen atoms in total. The van der Waals surface area contributed by atoms with Crippen LogP contribution in [0.3, 0.4) is 0 Å². The van der Waals surface area contributed by atoms with Crippen LogP contribution in [0.1, 0.15) is 21.5 Å². The Labute approximate surface area is 121 Å². The molecule has 2 aromatic rings. The largest absolute Gasteiger partial charge is 0.472 e. The maximum atomic E-state index is 11.7. The molecule has 0 unspecified atom stereocenters. The summed E-state index contributed by atoms with van der Waals surface area (Å²) in [5, 5.41) is 4.09. The van der Waals surface area contributed by atoms with Crippen LogP contribution in [0.5, 0.6) is 5.88 Å². The molecular formula is C14H12ClN3O2. The Bertz CT molecular complexity index is 673. The first-order chi connectivity index (χ1) is 9.65. The molecule has 0 bridgehead atoms. The second-order valence-corrected chi connectivity index (χ2v) is 4.20. The fraction of sp³-hybridized carbons (Fsp3) is 0.143. The van der Waals surface area contributed by atoms with E-state index < -0.39 is 5.91 Å². The van der Waals surface area contributed by atoms with E-state index in [0.29, 0.717) is 22.6 Å². The fourth-order valence-corrected chi connectivity index (χ4v) is 1.86. The highest BCUT2D eigenvalue weighted by molar-refractivity contribution is 6.24. The highest BCUT2D eigenvalue weighted by Crippen LogP contribution is 2.17. The van der Waals surface area contributed by atoms with Gasteiger partial charge in [0.15, 0.2) is 0 Å². The number of terminal acetylenes is 1. The minimum Gasteiger partial charge on any atom is -0.472 e. The molecule has 0 atom stereocenters. The Hall–Kier alpha value is -2.45. The van der Waals surface area contributed by atoms with Crippen LogP contribution in [0.25, 0.3) is 0 Å². The molecule has 0 radical (unpaired) electrons. The molecule has 0 spiro atoms. The number of aryl methyl sites for hydroxylation is 1. The van der Waals surface area contributed by atoms with Crippen LogP contribution >= 0.6 is 11.8 Å². The Morgan fingerprint density at radius 1 is 1.55 bits per heavy atom. The van der Waals surface area contributed by atoms with Gasteiger partial charge in [0.05, 0.1) is 0 Å². The second-order valence-electron chi connectivity index (χ2n) is 4.02. The molecule has 1 N–H and O–H groups in total. The monoisotopic (exact) mass is 289 g/mol. The van der Waals surface area contributed by atoms with Gasteiger partial charge in [0.25, 0.3) is 5.91 Å². The molecule has 1 heterocycles. The smallest absolute Gasteiger partial charge is 0.266 e. The molecule has 2 rings (SSSR count). The summed E-state index contributed by atoms with van der Waals surface area (Å²) in [6.45, 7) is 0.136. The highest BCUT2D eigenvalue weighted by atomic mass is 35.5. The summed E-state index contributed by atoms with van der Waals surface area (Å²) in [6, 6.07) is 6.79. The van der Waals surface area contributed by atoms with Gasteiger partial charge in [-0.25, -0.2) is 0 Å². The lowest BCUT2D eigenvalue weighted by molar-refractivity contribution is 0.0979. The van der Waals surface area contributed by atoms with E-state index in [9.17, 15) is 4.79 Å². The molecule has 102 valence electrons. The molecule has 0 aliphatic rings. The average molecular weight is 290 g/mol. The van der Waals surface area contributed by atoms with E-state index in [1.165, 1.54) is 0 Å². The number of halogens is 1. The lowest BCUT2D eigenvalue weighted by atomic mass is 10.0. The molecule has 6 heteroatoms. The lowest BCUT2D eigenvalue weighted by Gasteiger charge is -2.10. The van der Waals surface area contributed by atoms with Crippen molar-refractivity contribution in [3.63, 3.8) is 0 Å². The molecule has 0 saturated carbocycles. The van der Waals surface area contributed by atoms with Crippen LogP contribution in [-0.2, 0) is 13.7 Å². The topological polar surface area (TPSA) is 56.1 Å². The van der Waals surface area contributed by atoms with Crippen LogP contribution in [0.15, 0.2) is 30.5 Å². The number of ether oxygens (including phenoxy) is 1. The number of carbonyl (C=O) groups is 1. The molecule has 1 aromatic heterocycles. The molecule has 0 aliphatic carbocycles. The van der Waals surface area contributed by atoms with Crippen LogP contribution < -0.4 is 9.57 Å². The summed E-state index contributed by atoms with van der Waals surface area (Å²) in [5.41, 5.74) is 1.56. The van der Waals surface area contributed by atoms with E-state index in [-0.39, 0.29) is 6.61 Å². The van der Waals surface area contributed by atoms with Crippen molar-refractivity contribution in [2.24, 2.45) is 7.05 Å². The number of hydrogen-bond acceptors (Lipinski definition) is 3. The lowest BCUT2D eigenvalue weighted by Crippen LogP contribution is -2.16. The van der Waals surface area contributed by atoms with Crippen molar-refractivity contribution in [1.82, 2.24) is 14.6 Å². The van der Waals surface area contributed by atoms with Crippen LogP contribution in [-0.4, -0.2) is 15.7 Å². The van der Waals surface area contributed by atoms with E-state index in [1.54, 1.807) is 42.2 Å².